The summed E-state index contributed by atoms with van der Waals surface area (Å²) in [7, 11) is -4.39. The molecule has 0 spiro atoms. The lowest BCUT2D eigenvalue weighted by Gasteiger charge is -2.23. The Morgan fingerprint density at radius 1 is 0.786 bits per heavy atom. The Kier molecular flexibility index (Phi) is 6.21. The molecule has 7 heteroatoms. The van der Waals surface area contributed by atoms with Gasteiger partial charge in [-0.1, -0.05) is 53.7 Å². The van der Waals surface area contributed by atoms with E-state index in [1.807, 2.05) is 53.7 Å². The molecule has 6 nitrogen and oxygen atoms in total. The number of benzene rings is 1. The molecule has 0 saturated carbocycles. The van der Waals surface area contributed by atoms with Crippen molar-refractivity contribution in [3.05, 3.63) is 40.0 Å². The van der Waals surface area contributed by atoms with Crippen molar-refractivity contribution < 1.29 is 22.3 Å². The van der Waals surface area contributed by atoms with Crippen molar-refractivity contribution in [2.24, 2.45) is 0 Å². The summed E-state index contributed by atoms with van der Waals surface area (Å²) in [4.78, 5) is 24.6. The van der Waals surface area contributed by atoms with E-state index < -0.39 is 21.9 Å². The van der Waals surface area contributed by atoms with Crippen molar-refractivity contribution >= 4 is 21.9 Å². The number of carbonyl (C=O) groups is 2. The number of carbonyl (C=O) groups excluding carboxylic acids is 2. The predicted molar refractivity (Wildman–Crippen MR) is 107 cm³/mol. The number of hydroxylamine groups is 2. The number of rotatable bonds is 6. The van der Waals surface area contributed by atoms with E-state index in [0.717, 1.165) is 5.56 Å². The maximum atomic E-state index is 13.2. The van der Waals surface area contributed by atoms with E-state index in [-0.39, 0.29) is 33.8 Å². The monoisotopic (exact) mass is 407 g/mol. The number of hydrogen-bond donors (Lipinski definition) is 0. The molecule has 0 unspecified atom stereocenters. The van der Waals surface area contributed by atoms with Gasteiger partial charge in [0, 0.05) is 11.1 Å². The Bertz CT molecular complexity index is 902. The van der Waals surface area contributed by atoms with Crippen molar-refractivity contribution in [2.75, 3.05) is 0 Å². The Balaban J connectivity index is 2.65. The fourth-order valence-corrected chi connectivity index (χ4v) is 4.67. The number of nitrogens with zero attached hydrogens (tertiary/aromatic N) is 1. The summed E-state index contributed by atoms with van der Waals surface area (Å²) in [5.74, 6) is -1.44. The van der Waals surface area contributed by atoms with Crippen LogP contribution < -0.4 is 0 Å². The molecule has 1 aliphatic rings. The maximum absolute atomic E-state index is 13.2. The maximum Gasteiger partial charge on any atom is 0.318 e. The van der Waals surface area contributed by atoms with E-state index in [1.165, 1.54) is 13.8 Å². The van der Waals surface area contributed by atoms with Gasteiger partial charge >= 0.3 is 10.1 Å². The highest BCUT2D eigenvalue weighted by atomic mass is 32.2. The first-order valence-electron chi connectivity index (χ1n) is 9.48. The molecule has 0 radical (unpaired) electrons. The van der Waals surface area contributed by atoms with Crippen LogP contribution in [0.2, 0.25) is 0 Å². The van der Waals surface area contributed by atoms with Crippen LogP contribution in [0.4, 0.5) is 0 Å². The molecule has 0 saturated heterocycles. The van der Waals surface area contributed by atoms with Crippen molar-refractivity contribution in [2.45, 2.75) is 78.0 Å². The topological polar surface area (TPSA) is 80.8 Å². The van der Waals surface area contributed by atoms with E-state index in [2.05, 4.69) is 0 Å². The fraction of sp³-hybridized carbons (Fsp3) is 0.524. The summed E-state index contributed by atoms with van der Waals surface area (Å²) in [6, 6.07) is 3.75. The Morgan fingerprint density at radius 2 is 1.18 bits per heavy atom. The largest absolute Gasteiger partial charge is 0.318 e. The van der Waals surface area contributed by atoms with Gasteiger partial charge in [-0.15, -0.1) is 9.35 Å². The van der Waals surface area contributed by atoms with E-state index >= 15 is 0 Å². The van der Waals surface area contributed by atoms with Gasteiger partial charge in [0.25, 0.3) is 11.8 Å². The zero-order valence-corrected chi connectivity index (χ0v) is 18.6. The summed E-state index contributed by atoms with van der Waals surface area (Å²) in [5.41, 5.74) is 2.64. The van der Waals surface area contributed by atoms with Crippen molar-refractivity contribution in [1.29, 1.82) is 0 Å². The van der Waals surface area contributed by atoms with Gasteiger partial charge in [0.15, 0.2) is 0 Å². The van der Waals surface area contributed by atoms with Gasteiger partial charge in [-0.2, -0.15) is 8.42 Å². The Hall–Kier alpha value is -1.99. The van der Waals surface area contributed by atoms with Crippen LogP contribution in [0, 0.1) is 0 Å². The molecule has 1 aromatic carbocycles. The standard InChI is InChI=1S/C21H29NO5S/c1-11(2)16-9-17(12(3)4)19(18(10-16)13(5)6)28(25,26)27-22-20(23)14(7)15(8)21(22)24/h9-13H,1-8H3. The summed E-state index contributed by atoms with van der Waals surface area (Å²) in [5, 5.41) is 0.352. The molecular formula is C21H29NO5S. The average molecular weight is 408 g/mol. The molecule has 1 aliphatic heterocycles. The van der Waals surface area contributed by atoms with Crippen LogP contribution in [0.5, 0.6) is 0 Å². The van der Waals surface area contributed by atoms with Crippen LogP contribution in [-0.2, 0) is 24.0 Å². The van der Waals surface area contributed by atoms with E-state index in [0.29, 0.717) is 16.2 Å². The summed E-state index contributed by atoms with van der Waals surface area (Å²) < 4.78 is 31.6. The predicted octanol–water partition coefficient (Wildman–Crippen LogP) is 4.38. The second-order valence-electron chi connectivity index (χ2n) is 8.18. The van der Waals surface area contributed by atoms with Crippen LogP contribution in [0.3, 0.4) is 0 Å². The number of hydrogen-bond acceptors (Lipinski definition) is 5. The minimum Gasteiger partial charge on any atom is -0.267 e. The number of amides is 2. The second-order valence-corrected chi connectivity index (χ2v) is 9.64. The first kappa shape index (κ1) is 22.3. The summed E-state index contributed by atoms with van der Waals surface area (Å²) >= 11 is 0. The molecule has 28 heavy (non-hydrogen) atoms. The molecule has 0 bridgehead atoms. The molecule has 0 N–H and O–H groups in total. The smallest absolute Gasteiger partial charge is 0.267 e. The van der Waals surface area contributed by atoms with Crippen molar-refractivity contribution in [3.8, 4) is 0 Å². The van der Waals surface area contributed by atoms with E-state index in [4.69, 9.17) is 4.28 Å². The van der Waals surface area contributed by atoms with Crippen LogP contribution in [0.25, 0.3) is 0 Å². The lowest BCUT2D eigenvalue weighted by Crippen LogP contribution is -2.34. The molecular weight excluding hydrogens is 378 g/mol. The Labute approximate surface area is 167 Å². The van der Waals surface area contributed by atoms with Gasteiger partial charge in [-0.3, -0.25) is 9.59 Å². The molecule has 0 aromatic heterocycles. The van der Waals surface area contributed by atoms with Crippen LogP contribution >= 0.6 is 0 Å². The summed E-state index contributed by atoms with van der Waals surface area (Å²) in [6.45, 7) is 14.7. The van der Waals surface area contributed by atoms with Crippen LogP contribution in [0.15, 0.2) is 28.2 Å². The van der Waals surface area contributed by atoms with Gasteiger partial charge in [0.05, 0.1) is 0 Å². The number of imide groups is 1. The third-order valence-corrected chi connectivity index (χ3v) is 6.39. The SMILES string of the molecule is CC1=C(C)C(=O)N(OS(=O)(=O)c2c(C(C)C)cc(C(C)C)cc2C(C)C)C1=O. The highest BCUT2D eigenvalue weighted by molar-refractivity contribution is 7.86. The van der Waals surface area contributed by atoms with Gasteiger partial charge in [-0.25, -0.2) is 0 Å². The third kappa shape index (κ3) is 3.91. The minimum atomic E-state index is -4.39. The Morgan fingerprint density at radius 3 is 1.50 bits per heavy atom. The molecule has 0 aliphatic carbocycles. The van der Waals surface area contributed by atoms with E-state index in [9.17, 15) is 18.0 Å². The summed E-state index contributed by atoms with van der Waals surface area (Å²) in [6.07, 6.45) is 0. The normalized spacial score (nSPS) is 15.8. The third-order valence-electron chi connectivity index (χ3n) is 5.08. The highest BCUT2D eigenvalue weighted by Crippen LogP contribution is 2.36. The zero-order valence-electron chi connectivity index (χ0n) is 17.8. The molecule has 2 amide bonds. The minimum absolute atomic E-state index is 0.0460. The zero-order chi connectivity index (χ0) is 21.5. The molecule has 1 heterocycles. The molecule has 0 atom stereocenters. The van der Waals surface area contributed by atoms with Crippen LogP contribution in [-0.4, -0.2) is 25.3 Å². The van der Waals surface area contributed by atoms with Crippen molar-refractivity contribution in [3.63, 3.8) is 0 Å². The quantitative estimate of drug-likeness (QED) is 0.654. The van der Waals surface area contributed by atoms with Gasteiger partial charge in [0.1, 0.15) is 4.90 Å². The molecule has 2 rings (SSSR count). The second kappa shape index (κ2) is 7.79. The first-order chi connectivity index (χ1) is 12.8. The lowest BCUT2D eigenvalue weighted by molar-refractivity contribution is -0.162. The van der Waals surface area contributed by atoms with E-state index in [1.54, 1.807) is 0 Å². The van der Waals surface area contributed by atoms with Crippen LogP contribution in [0.1, 0.15) is 89.8 Å². The lowest BCUT2D eigenvalue weighted by atomic mass is 9.89. The van der Waals surface area contributed by atoms with Gasteiger partial charge in [0.2, 0.25) is 0 Å². The molecule has 0 fully saturated rings. The average Bonchev–Trinajstić information content (AvgIpc) is 2.78. The van der Waals surface area contributed by atoms with Crippen molar-refractivity contribution in [1.82, 2.24) is 5.06 Å². The fourth-order valence-electron chi connectivity index (χ4n) is 3.10. The molecule has 154 valence electrons. The van der Waals surface area contributed by atoms with Gasteiger partial charge in [-0.05, 0) is 48.3 Å². The molecule has 1 aromatic rings. The highest BCUT2D eigenvalue weighted by Gasteiger charge is 2.40. The van der Waals surface area contributed by atoms with Gasteiger partial charge < -0.3 is 0 Å². The first-order valence-corrected chi connectivity index (χ1v) is 10.9.